The number of thiophene rings is 1. The Morgan fingerprint density at radius 1 is 1.33 bits per heavy atom. The first-order valence-electron chi connectivity index (χ1n) is 7.31. The molecule has 1 saturated carbocycles. The molecule has 21 heavy (non-hydrogen) atoms. The predicted molar refractivity (Wildman–Crippen MR) is 91.9 cm³/mol. The molecule has 122 valence electrons. The summed E-state index contributed by atoms with van der Waals surface area (Å²) in [5, 5.41) is 6.68. The summed E-state index contributed by atoms with van der Waals surface area (Å²) < 4.78 is 14.2. The molecule has 0 spiro atoms. The van der Waals surface area contributed by atoms with Crippen molar-refractivity contribution in [3.63, 3.8) is 0 Å². The molecule has 3 rings (SSSR count). The van der Waals surface area contributed by atoms with Gasteiger partial charge in [-0.05, 0) is 17.9 Å². The van der Waals surface area contributed by atoms with Crippen LogP contribution in [-0.4, -0.2) is 18.8 Å². The molecular formula is C15H23ClFIrNPS. The van der Waals surface area contributed by atoms with Crippen molar-refractivity contribution in [2.24, 2.45) is 5.92 Å². The molecule has 1 aromatic heterocycles. The minimum absolute atomic E-state index is 0.529. The topological polar surface area (TPSA) is 14.1 Å². The van der Waals surface area contributed by atoms with Crippen LogP contribution in [0.1, 0.15) is 38.5 Å². The van der Waals surface area contributed by atoms with E-state index >= 15 is 0 Å². The Labute approximate surface area is 149 Å². The maximum atomic E-state index is 12.9. The van der Waals surface area contributed by atoms with Crippen molar-refractivity contribution in [3.8, 4) is 0 Å². The second-order valence-electron chi connectivity index (χ2n) is 5.29. The van der Waals surface area contributed by atoms with Gasteiger partial charge < -0.3 is 11.7 Å². The first-order valence-corrected chi connectivity index (χ1v) is 11.7. The van der Waals surface area contributed by atoms with E-state index < -0.39 is 6.17 Å². The van der Waals surface area contributed by atoms with Crippen LogP contribution in [0.5, 0.6) is 0 Å². The van der Waals surface area contributed by atoms with E-state index in [1.54, 1.807) is 11.3 Å². The van der Waals surface area contributed by atoms with Crippen LogP contribution in [0.2, 0.25) is 0 Å². The van der Waals surface area contributed by atoms with Crippen LogP contribution in [0.15, 0.2) is 17.5 Å². The normalized spacial score (nSPS) is 28.7. The van der Waals surface area contributed by atoms with Crippen LogP contribution in [0.25, 0.3) is 5.32 Å². The molecule has 0 amide bonds. The first kappa shape index (κ1) is 20.0. The molecule has 0 N–H and O–H groups in total. The van der Waals surface area contributed by atoms with Crippen molar-refractivity contribution < 1.29 is 22.3 Å². The number of rotatable bonds is 1. The van der Waals surface area contributed by atoms with E-state index in [-0.39, 0.29) is 0 Å². The van der Waals surface area contributed by atoms with Gasteiger partial charge in [0, 0.05) is 4.62 Å². The molecule has 1 aromatic rings. The molecule has 6 heteroatoms. The summed E-state index contributed by atoms with van der Waals surface area (Å²) in [6, 6.07) is 4.63. The summed E-state index contributed by atoms with van der Waals surface area (Å²) >= 11 is 3.21. The van der Waals surface area contributed by atoms with Crippen molar-refractivity contribution in [1.82, 2.24) is 0 Å². The average Bonchev–Trinajstić information content (AvgIpc) is 3.03. The standard InChI is InChI=1S/C11H18FN.C4H5PS.ClH.Ir/c12-10-6-4-9(5-7-10)11-3-1-2-8-13-11;5-4-2-1-3-6-4;;/h4,9-11H,1-3,5-8H2;1-3H,5H2;1H;/q-2;;;+3/p-1. The summed E-state index contributed by atoms with van der Waals surface area (Å²) in [4.78, 5) is 0. The van der Waals surface area contributed by atoms with Crippen molar-refractivity contribution >= 4 is 34.8 Å². The van der Waals surface area contributed by atoms with Gasteiger partial charge in [-0.2, -0.15) is 12.0 Å². The third-order valence-corrected chi connectivity index (χ3v) is 5.12. The fourth-order valence-electron chi connectivity index (χ4n) is 2.74. The van der Waals surface area contributed by atoms with Crippen LogP contribution in [0.4, 0.5) is 4.39 Å². The van der Waals surface area contributed by atoms with E-state index in [9.17, 15) is 4.39 Å². The zero-order chi connectivity index (χ0) is 15.5. The van der Waals surface area contributed by atoms with Gasteiger partial charge in [0.2, 0.25) is 0 Å². The van der Waals surface area contributed by atoms with Gasteiger partial charge in [-0.15, -0.1) is 24.3 Å². The van der Waals surface area contributed by atoms with E-state index in [4.69, 9.17) is 0 Å². The molecule has 0 radical (unpaired) electrons. The zero-order valence-electron chi connectivity index (χ0n) is 12.0. The number of hydrogen-bond acceptors (Lipinski definition) is 1. The number of hydrogen-bond donors (Lipinski definition) is 0. The SMILES string of the molecule is FC1C[CH-]C(C2CCCC[N-]2)CC1.Pc1cccs1.[Cl][Ir+2]. The van der Waals surface area contributed by atoms with Gasteiger partial charge >= 0.3 is 27.5 Å². The Hall–Kier alpha value is 0.959. The monoisotopic (exact) mass is 527 g/mol. The average molecular weight is 527 g/mol. The van der Waals surface area contributed by atoms with Crippen LogP contribution in [0, 0.1) is 12.3 Å². The van der Waals surface area contributed by atoms with Gasteiger partial charge in [-0.1, -0.05) is 41.0 Å². The van der Waals surface area contributed by atoms with Crippen LogP contribution in [0.3, 0.4) is 0 Å². The Balaban J connectivity index is 0.000000231. The Morgan fingerprint density at radius 3 is 2.57 bits per heavy atom. The molecule has 1 aliphatic heterocycles. The predicted octanol–water partition coefficient (Wildman–Crippen LogP) is 5.19. The number of piperidine rings is 1. The van der Waals surface area contributed by atoms with E-state index in [1.807, 2.05) is 6.07 Å². The van der Waals surface area contributed by atoms with Crippen molar-refractivity contribution in [1.29, 1.82) is 0 Å². The molecule has 1 saturated heterocycles. The quantitative estimate of drug-likeness (QED) is 0.353. The molecule has 4 atom stereocenters. The second kappa shape index (κ2) is 12.4. The zero-order valence-corrected chi connectivity index (χ0v) is 17.1. The maximum absolute atomic E-state index is 12.9. The Bertz CT molecular complexity index is 341. The van der Waals surface area contributed by atoms with Crippen molar-refractivity contribution in [2.75, 3.05) is 6.54 Å². The van der Waals surface area contributed by atoms with Gasteiger partial charge in [0.1, 0.15) is 0 Å². The van der Waals surface area contributed by atoms with Gasteiger partial charge in [0.15, 0.2) is 0 Å². The Kier molecular flexibility index (Phi) is 11.8. The molecule has 4 unspecified atom stereocenters. The van der Waals surface area contributed by atoms with Crippen molar-refractivity contribution in [3.05, 3.63) is 29.3 Å². The van der Waals surface area contributed by atoms with Crippen LogP contribution >= 0.6 is 30.2 Å². The van der Waals surface area contributed by atoms with Gasteiger partial charge in [0.25, 0.3) is 0 Å². The molecule has 2 heterocycles. The number of nitrogens with zero attached hydrogens (tertiary/aromatic N) is 1. The van der Waals surface area contributed by atoms with Crippen molar-refractivity contribution in [2.45, 2.75) is 50.7 Å². The molecule has 2 fully saturated rings. The molecule has 2 aliphatic rings. The summed E-state index contributed by atoms with van der Waals surface area (Å²) in [5.74, 6) is 0.590. The second-order valence-corrected chi connectivity index (χ2v) is 7.31. The van der Waals surface area contributed by atoms with Gasteiger partial charge in [-0.25, -0.2) is 0 Å². The Morgan fingerprint density at radius 2 is 2.14 bits per heavy atom. The third kappa shape index (κ3) is 8.39. The molecule has 1 aliphatic carbocycles. The first-order chi connectivity index (χ1) is 10.3. The minimum atomic E-state index is -0.570. The summed E-state index contributed by atoms with van der Waals surface area (Å²) in [7, 11) is 7.27. The summed E-state index contributed by atoms with van der Waals surface area (Å²) in [5.41, 5.74) is 0. The van der Waals surface area contributed by atoms with E-state index in [1.165, 1.54) is 41.8 Å². The third-order valence-electron chi connectivity index (χ3n) is 3.82. The van der Waals surface area contributed by atoms with E-state index in [0.717, 1.165) is 19.4 Å². The van der Waals surface area contributed by atoms with Gasteiger partial charge in [0.05, 0.1) is 6.17 Å². The molecule has 0 aromatic carbocycles. The molecule has 0 bridgehead atoms. The fraction of sp³-hybridized carbons (Fsp3) is 0.667. The number of halogens is 2. The summed E-state index contributed by atoms with van der Waals surface area (Å²) in [6.45, 7) is 1.04. The van der Waals surface area contributed by atoms with E-state index in [2.05, 4.69) is 42.0 Å². The van der Waals surface area contributed by atoms with Gasteiger partial charge in [-0.3, -0.25) is 4.39 Å². The van der Waals surface area contributed by atoms with E-state index in [0.29, 0.717) is 18.4 Å². The fourth-order valence-corrected chi connectivity index (χ4v) is 3.55. The molecular weight excluding hydrogens is 504 g/mol. The number of alkyl halides is 1. The molecule has 1 nitrogen and oxygen atoms in total. The van der Waals surface area contributed by atoms with Crippen LogP contribution < -0.4 is 4.62 Å². The van der Waals surface area contributed by atoms with Crippen LogP contribution in [-0.2, 0) is 17.9 Å². The summed E-state index contributed by atoms with van der Waals surface area (Å²) in [6.07, 6.45) is 7.86.